The van der Waals surface area contributed by atoms with Crippen LogP contribution in [0, 0.1) is 0 Å². The molecule has 1 atom stereocenters. The highest BCUT2D eigenvalue weighted by Crippen LogP contribution is 2.43. The number of ketones is 1. The maximum Gasteiger partial charge on any atom is 0.416 e. The predicted molar refractivity (Wildman–Crippen MR) is 123 cm³/mol. The van der Waals surface area contributed by atoms with E-state index in [4.69, 9.17) is 16.3 Å². The maximum absolute atomic E-state index is 13.5. The first-order valence-corrected chi connectivity index (χ1v) is 11.0. The van der Waals surface area contributed by atoms with Gasteiger partial charge < -0.3 is 15.4 Å². The summed E-state index contributed by atoms with van der Waals surface area (Å²) in [6.45, 7) is 1.71. The molecule has 0 unspecified atom stereocenters. The van der Waals surface area contributed by atoms with Crippen LogP contribution in [0.15, 0.2) is 65.0 Å². The van der Waals surface area contributed by atoms with Crippen molar-refractivity contribution < 1.29 is 27.5 Å². The van der Waals surface area contributed by atoms with Crippen LogP contribution in [0.2, 0.25) is 5.02 Å². The van der Waals surface area contributed by atoms with Crippen LogP contribution in [0.25, 0.3) is 0 Å². The topological polar surface area (TPSA) is 67.4 Å². The molecule has 34 heavy (non-hydrogen) atoms. The molecular formula is C25H22ClF3N2O3. The lowest BCUT2D eigenvalue weighted by molar-refractivity contribution is -0.137. The molecular weight excluding hydrogens is 469 g/mol. The molecule has 0 saturated carbocycles. The fourth-order valence-electron chi connectivity index (χ4n) is 4.43. The minimum atomic E-state index is -4.59. The molecule has 2 aromatic carbocycles. The molecule has 1 amide bonds. The van der Waals surface area contributed by atoms with Gasteiger partial charge in [0.2, 0.25) is 0 Å². The average molecular weight is 491 g/mol. The van der Waals surface area contributed by atoms with Gasteiger partial charge in [0.15, 0.2) is 5.78 Å². The zero-order valence-corrected chi connectivity index (χ0v) is 19.2. The monoisotopic (exact) mass is 490 g/mol. The third-order valence-electron chi connectivity index (χ3n) is 5.99. The summed E-state index contributed by atoms with van der Waals surface area (Å²) >= 11 is 6.10. The minimum Gasteiger partial charge on any atom is -0.497 e. The molecule has 4 rings (SSSR count). The SMILES string of the molecule is COc1cccc([C@@H]2C(C(=O)Nc3cc(C(F)(F)F)ccc3Cl)=C(C)NC3=C2C(=O)CCC3)c1. The van der Waals surface area contributed by atoms with Gasteiger partial charge in [-0.15, -0.1) is 0 Å². The van der Waals surface area contributed by atoms with Gasteiger partial charge in [0.05, 0.1) is 23.4 Å². The molecule has 1 aliphatic heterocycles. The second-order valence-corrected chi connectivity index (χ2v) is 8.60. The molecule has 0 saturated heterocycles. The molecule has 5 nitrogen and oxygen atoms in total. The van der Waals surface area contributed by atoms with E-state index in [1.165, 1.54) is 7.11 Å². The fraction of sp³-hybridized carbons (Fsp3) is 0.280. The molecule has 0 fully saturated rings. The van der Waals surface area contributed by atoms with Crippen molar-refractivity contribution >= 4 is 29.0 Å². The Balaban J connectivity index is 1.79. The van der Waals surface area contributed by atoms with E-state index in [9.17, 15) is 22.8 Å². The van der Waals surface area contributed by atoms with Gasteiger partial charge in [-0.2, -0.15) is 13.2 Å². The average Bonchev–Trinajstić information content (AvgIpc) is 2.79. The Morgan fingerprint density at radius 1 is 1.18 bits per heavy atom. The van der Waals surface area contributed by atoms with Crippen LogP contribution in [0.5, 0.6) is 5.75 Å². The molecule has 9 heteroatoms. The van der Waals surface area contributed by atoms with E-state index < -0.39 is 23.6 Å². The van der Waals surface area contributed by atoms with E-state index in [0.717, 1.165) is 23.9 Å². The first-order valence-electron chi connectivity index (χ1n) is 10.7. The number of rotatable bonds is 4. The Kier molecular flexibility index (Phi) is 6.45. The number of carbonyl (C=O) groups excluding carboxylic acids is 2. The van der Waals surface area contributed by atoms with E-state index in [1.807, 2.05) is 0 Å². The Labute approximate surface area is 199 Å². The van der Waals surface area contributed by atoms with Crippen molar-refractivity contribution in [2.45, 2.75) is 38.3 Å². The van der Waals surface area contributed by atoms with Crippen LogP contribution in [0.1, 0.15) is 43.2 Å². The van der Waals surface area contributed by atoms with E-state index in [-0.39, 0.29) is 22.1 Å². The number of halogens is 4. The van der Waals surface area contributed by atoms with Gasteiger partial charge in [-0.05, 0) is 55.7 Å². The number of alkyl halides is 3. The number of ether oxygens (including phenoxy) is 1. The number of hydrogen-bond acceptors (Lipinski definition) is 4. The number of hydrogen-bond donors (Lipinski definition) is 2. The normalized spacial score (nSPS) is 18.4. The summed E-state index contributed by atoms with van der Waals surface area (Å²) in [4.78, 5) is 26.5. The lowest BCUT2D eigenvalue weighted by atomic mass is 9.75. The van der Waals surface area contributed by atoms with E-state index in [2.05, 4.69) is 10.6 Å². The van der Waals surface area contributed by atoms with Crippen molar-refractivity contribution in [2.75, 3.05) is 12.4 Å². The Morgan fingerprint density at radius 2 is 1.94 bits per heavy atom. The maximum atomic E-state index is 13.5. The summed E-state index contributed by atoms with van der Waals surface area (Å²) in [5, 5.41) is 5.67. The zero-order valence-electron chi connectivity index (χ0n) is 18.5. The number of benzene rings is 2. The summed E-state index contributed by atoms with van der Waals surface area (Å²) in [5.74, 6) is -0.871. The molecule has 0 spiro atoms. The van der Waals surface area contributed by atoms with Crippen LogP contribution in [0.3, 0.4) is 0 Å². The van der Waals surface area contributed by atoms with Crippen LogP contribution in [-0.4, -0.2) is 18.8 Å². The number of dihydropyridines is 1. The number of amides is 1. The van der Waals surface area contributed by atoms with Gasteiger partial charge >= 0.3 is 6.18 Å². The van der Waals surface area contributed by atoms with Crippen molar-refractivity contribution in [1.82, 2.24) is 5.32 Å². The Morgan fingerprint density at radius 3 is 2.65 bits per heavy atom. The third kappa shape index (κ3) is 4.55. The number of carbonyl (C=O) groups is 2. The lowest BCUT2D eigenvalue weighted by Crippen LogP contribution is -2.35. The molecule has 2 aliphatic rings. The van der Waals surface area contributed by atoms with Crippen molar-refractivity contribution in [3.8, 4) is 5.75 Å². The van der Waals surface area contributed by atoms with Crippen molar-refractivity contribution in [1.29, 1.82) is 0 Å². The number of allylic oxidation sites excluding steroid dienone is 3. The van der Waals surface area contributed by atoms with Gasteiger partial charge in [-0.1, -0.05) is 23.7 Å². The number of anilines is 1. The van der Waals surface area contributed by atoms with Crippen molar-refractivity contribution in [3.63, 3.8) is 0 Å². The molecule has 178 valence electrons. The quantitative estimate of drug-likeness (QED) is 0.553. The van der Waals surface area contributed by atoms with Gasteiger partial charge in [0.25, 0.3) is 5.91 Å². The third-order valence-corrected chi connectivity index (χ3v) is 6.32. The predicted octanol–water partition coefficient (Wildman–Crippen LogP) is 5.97. The molecule has 2 N–H and O–H groups in total. The Hall–Kier alpha value is -3.26. The fourth-order valence-corrected chi connectivity index (χ4v) is 4.59. The first-order chi connectivity index (χ1) is 16.1. The largest absolute Gasteiger partial charge is 0.497 e. The molecule has 1 heterocycles. The molecule has 0 bridgehead atoms. The summed E-state index contributed by atoms with van der Waals surface area (Å²) in [6.07, 6.45) is -2.88. The molecule has 1 aliphatic carbocycles. The van der Waals surface area contributed by atoms with E-state index in [1.54, 1.807) is 31.2 Å². The number of nitrogens with one attached hydrogen (secondary N) is 2. The van der Waals surface area contributed by atoms with Crippen LogP contribution < -0.4 is 15.4 Å². The van der Waals surface area contributed by atoms with Gasteiger partial charge in [-0.3, -0.25) is 9.59 Å². The van der Waals surface area contributed by atoms with Gasteiger partial charge in [0, 0.05) is 34.9 Å². The number of Topliss-reactive ketones (excluding diaryl/α,β-unsaturated/α-hetero) is 1. The number of methoxy groups -OCH3 is 1. The first kappa shape index (κ1) is 23.9. The van der Waals surface area contributed by atoms with Gasteiger partial charge in [-0.25, -0.2) is 0 Å². The summed E-state index contributed by atoms with van der Waals surface area (Å²) in [6, 6.07) is 9.79. The molecule has 0 aromatic heterocycles. The summed E-state index contributed by atoms with van der Waals surface area (Å²) < 4.78 is 44.9. The lowest BCUT2D eigenvalue weighted by Gasteiger charge is -2.34. The standard InChI is InChI=1S/C25H22ClF3N2O3/c1-13-21(24(33)31-19-12-15(25(27,28)29)9-10-17(19)26)22(14-5-3-6-16(11-14)34-2)23-18(30-13)7-4-8-20(23)32/h3,5-6,9-12,22,30H,4,7-8H2,1-2H3,(H,31,33)/t22-/m1/s1. The smallest absolute Gasteiger partial charge is 0.416 e. The summed E-state index contributed by atoms with van der Waals surface area (Å²) in [7, 11) is 1.52. The van der Waals surface area contributed by atoms with Crippen LogP contribution in [0.4, 0.5) is 18.9 Å². The van der Waals surface area contributed by atoms with Gasteiger partial charge in [0.1, 0.15) is 5.75 Å². The minimum absolute atomic E-state index is 0.0325. The molecule has 2 aromatic rings. The van der Waals surface area contributed by atoms with Crippen molar-refractivity contribution in [3.05, 3.63) is 81.2 Å². The van der Waals surface area contributed by atoms with E-state index >= 15 is 0 Å². The van der Waals surface area contributed by atoms with Crippen LogP contribution in [-0.2, 0) is 15.8 Å². The van der Waals surface area contributed by atoms with E-state index in [0.29, 0.717) is 41.8 Å². The Bertz CT molecular complexity index is 1230. The molecule has 0 radical (unpaired) electrons. The zero-order chi connectivity index (χ0) is 24.6. The highest BCUT2D eigenvalue weighted by atomic mass is 35.5. The van der Waals surface area contributed by atoms with Crippen LogP contribution >= 0.6 is 11.6 Å². The second-order valence-electron chi connectivity index (χ2n) is 8.19. The highest BCUT2D eigenvalue weighted by Gasteiger charge is 2.39. The highest BCUT2D eigenvalue weighted by molar-refractivity contribution is 6.34. The second kappa shape index (κ2) is 9.18. The summed E-state index contributed by atoms with van der Waals surface area (Å²) in [5.41, 5.74) is 1.57. The van der Waals surface area contributed by atoms with Crippen molar-refractivity contribution in [2.24, 2.45) is 0 Å².